The number of aliphatic hydroxyl groups excluding tert-OH is 1. The lowest BCUT2D eigenvalue weighted by Gasteiger charge is -2.33. The molecule has 3 aliphatic carbocycles. The quantitative estimate of drug-likeness (QED) is 0.538. The monoisotopic (exact) mass is 553 g/mol. The molecule has 5 rings (SSSR count). The van der Waals surface area contributed by atoms with Crippen LogP contribution in [0.4, 0.5) is 0 Å². The SMILES string of the molecule is CC(C)(C1=Cc2cccnc2C(c2cccc(C3CC3(CO)C3=CCC(S(C)(=O)=O)C=C3)c2)C1)S(C)(=O)=O. The van der Waals surface area contributed by atoms with Crippen LogP contribution in [0.2, 0.25) is 0 Å². The number of fused-ring (bicyclic) bond motifs is 1. The fourth-order valence-electron chi connectivity index (χ4n) is 5.95. The highest BCUT2D eigenvalue weighted by Gasteiger charge is 2.56. The maximum Gasteiger partial charge on any atom is 0.156 e. The van der Waals surface area contributed by atoms with E-state index in [9.17, 15) is 21.9 Å². The molecule has 6 nitrogen and oxygen atoms in total. The van der Waals surface area contributed by atoms with Gasteiger partial charge in [-0.05, 0) is 72.9 Å². The van der Waals surface area contributed by atoms with Crippen molar-refractivity contribution in [2.75, 3.05) is 19.1 Å². The van der Waals surface area contributed by atoms with Crippen molar-refractivity contribution in [3.8, 4) is 0 Å². The first-order valence-corrected chi connectivity index (χ1v) is 16.8. The van der Waals surface area contributed by atoms with Crippen LogP contribution in [0.5, 0.6) is 0 Å². The van der Waals surface area contributed by atoms with Crippen LogP contribution in [-0.4, -0.2) is 56.0 Å². The molecule has 0 amide bonds. The summed E-state index contributed by atoms with van der Waals surface area (Å²) in [6.07, 6.45) is 13.7. The lowest BCUT2D eigenvalue weighted by molar-refractivity contribution is 0.232. The highest BCUT2D eigenvalue weighted by molar-refractivity contribution is 7.92. The third kappa shape index (κ3) is 4.61. The molecule has 0 bridgehead atoms. The van der Waals surface area contributed by atoms with Gasteiger partial charge in [0.25, 0.3) is 0 Å². The minimum absolute atomic E-state index is 0.00907. The summed E-state index contributed by atoms with van der Waals surface area (Å²) in [4.78, 5) is 4.69. The van der Waals surface area contributed by atoms with Crippen LogP contribution in [-0.2, 0) is 19.7 Å². The molecule has 0 spiro atoms. The zero-order valence-electron chi connectivity index (χ0n) is 22.3. The Labute approximate surface area is 226 Å². The molecule has 0 aliphatic heterocycles. The molecule has 8 heteroatoms. The van der Waals surface area contributed by atoms with Crippen LogP contribution in [0.15, 0.2) is 72.0 Å². The second-order valence-corrected chi connectivity index (χ2v) is 16.4. The van der Waals surface area contributed by atoms with Gasteiger partial charge in [0.1, 0.15) is 0 Å². The minimum Gasteiger partial charge on any atom is -0.395 e. The molecule has 1 heterocycles. The lowest BCUT2D eigenvalue weighted by Crippen LogP contribution is -2.35. The van der Waals surface area contributed by atoms with E-state index in [1.54, 1.807) is 26.1 Å². The molecule has 4 unspecified atom stereocenters. The Hall–Kier alpha value is -2.55. The average Bonchev–Trinajstić information content (AvgIpc) is 3.63. The third-order valence-corrected chi connectivity index (χ3v) is 12.5. The van der Waals surface area contributed by atoms with Crippen LogP contribution in [0.3, 0.4) is 0 Å². The Balaban J connectivity index is 1.47. The molecule has 2 aromatic rings. The van der Waals surface area contributed by atoms with Gasteiger partial charge in [-0.3, -0.25) is 4.98 Å². The predicted octanol–water partition coefficient (Wildman–Crippen LogP) is 4.59. The van der Waals surface area contributed by atoms with Crippen LogP contribution in [0.25, 0.3) is 6.08 Å². The number of aliphatic hydroxyl groups is 1. The van der Waals surface area contributed by atoms with Gasteiger partial charge in [0.05, 0.1) is 22.3 Å². The Kier molecular flexibility index (Phi) is 6.60. The Morgan fingerprint density at radius 2 is 1.82 bits per heavy atom. The molecule has 202 valence electrons. The molecule has 1 fully saturated rings. The maximum absolute atomic E-state index is 12.7. The summed E-state index contributed by atoms with van der Waals surface area (Å²) >= 11 is 0. The Morgan fingerprint density at radius 3 is 2.45 bits per heavy atom. The van der Waals surface area contributed by atoms with Crippen LogP contribution in [0, 0.1) is 5.41 Å². The second kappa shape index (κ2) is 9.28. The van der Waals surface area contributed by atoms with E-state index in [1.165, 1.54) is 12.5 Å². The van der Waals surface area contributed by atoms with Gasteiger partial charge in [0, 0.05) is 30.0 Å². The van der Waals surface area contributed by atoms with E-state index in [-0.39, 0.29) is 18.4 Å². The number of sulfone groups is 2. The zero-order valence-corrected chi connectivity index (χ0v) is 23.9. The molecule has 38 heavy (non-hydrogen) atoms. The minimum atomic E-state index is -3.33. The number of benzene rings is 1. The van der Waals surface area contributed by atoms with E-state index in [0.29, 0.717) is 12.8 Å². The van der Waals surface area contributed by atoms with Gasteiger partial charge in [-0.1, -0.05) is 54.6 Å². The Morgan fingerprint density at radius 1 is 1.08 bits per heavy atom. The van der Waals surface area contributed by atoms with Crippen molar-refractivity contribution in [3.05, 3.63) is 94.4 Å². The van der Waals surface area contributed by atoms with Crippen molar-refractivity contribution in [1.29, 1.82) is 0 Å². The topological polar surface area (TPSA) is 101 Å². The van der Waals surface area contributed by atoms with Crippen molar-refractivity contribution in [2.45, 2.75) is 54.9 Å². The average molecular weight is 554 g/mol. The summed E-state index contributed by atoms with van der Waals surface area (Å²) in [7, 11) is -6.49. The smallest absolute Gasteiger partial charge is 0.156 e. The number of rotatable bonds is 7. The first kappa shape index (κ1) is 27.0. The highest BCUT2D eigenvalue weighted by atomic mass is 32.2. The predicted molar refractivity (Wildman–Crippen MR) is 151 cm³/mol. The fourth-order valence-corrected chi connectivity index (χ4v) is 7.38. The number of pyridine rings is 1. The van der Waals surface area contributed by atoms with Gasteiger partial charge < -0.3 is 5.11 Å². The van der Waals surface area contributed by atoms with E-state index < -0.39 is 35.1 Å². The number of allylic oxidation sites excluding steroid dienone is 2. The maximum atomic E-state index is 12.7. The van der Waals surface area contributed by atoms with E-state index in [2.05, 4.69) is 23.2 Å². The summed E-state index contributed by atoms with van der Waals surface area (Å²) < 4.78 is 48.2. The van der Waals surface area contributed by atoms with E-state index >= 15 is 0 Å². The summed E-state index contributed by atoms with van der Waals surface area (Å²) in [5.41, 5.74) is 5.52. The summed E-state index contributed by atoms with van der Waals surface area (Å²) in [6.45, 7) is 3.52. The van der Waals surface area contributed by atoms with Crippen molar-refractivity contribution >= 4 is 25.8 Å². The first-order chi connectivity index (χ1) is 17.8. The largest absolute Gasteiger partial charge is 0.395 e. The van der Waals surface area contributed by atoms with Gasteiger partial charge in [-0.25, -0.2) is 16.8 Å². The van der Waals surface area contributed by atoms with Gasteiger partial charge in [0.2, 0.25) is 0 Å². The van der Waals surface area contributed by atoms with Gasteiger partial charge >= 0.3 is 0 Å². The number of nitrogens with zero attached hydrogens (tertiary/aromatic N) is 1. The second-order valence-electron chi connectivity index (χ2n) is 11.5. The number of aromatic nitrogens is 1. The summed E-state index contributed by atoms with van der Waals surface area (Å²) in [5.74, 6) is 0.0335. The fraction of sp³-hybridized carbons (Fsp3) is 0.433. The van der Waals surface area contributed by atoms with Gasteiger partial charge in [-0.2, -0.15) is 0 Å². The molecule has 1 aromatic carbocycles. The molecule has 1 N–H and O–H groups in total. The van der Waals surface area contributed by atoms with Crippen LogP contribution >= 0.6 is 0 Å². The molecule has 1 saturated carbocycles. The molecule has 4 atom stereocenters. The molecule has 1 aromatic heterocycles. The standard InChI is InChI=1S/C30H35NO5S2/c1-29(2,38(4,35)36)24-16-22-9-6-14-31-28(22)26(17-24)20-7-5-8-21(15-20)27-18-30(27,19-32)23-10-12-25(13-11-23)37(3,33)34/h5-12,14-16,25-27,32H,13,17-19H2,1-4H3. The van der Waals surface area contributed by atoms with E-state index in [1.807, 2.05) is 36.4 Å². The van der Waals surface area contributed by atoms with Crippen molar-refractivity contribution < 1.29 is 21.9 Å². The number of hydrogen-bond acceptors (Lipinski definition) is 6. The number of hydrogen-bond donors (Lipinski definition) is 1. The van der Waals surface area contributed by atoms with Gasteiger partial charge in [0.15, 0.2) is 19.7 Å². The molecule has 0 radical (unpaired) electrons. The first-order valence-electron chi connectivity index (χ1n) is 12.9. The normalized spacial score (nSPS) is 27.3. The molecule has 3 aliphatic rings. The summed E-state index contributed by atoms with van der Waals surface area (Å²) in [5, 5.41) is 9.93. The van der Waals surface area contributed by atoms with Crippen molar-refractivity contribution in [3.63, 3.8) is 0 Å². The Bertz CT molecular complexity index is 1580. The lowest BCUT2D eigenvalue weighted by atomic mass is 9.78. The molecular weight excluding hydrogens is 518 g/mol. The van der Waals surface area contributed by atoms with E-state index in [0.717, 1.165) is 40.0 Å². The van der Waals surface area contributed by atoms with Crippen molar-refractivity contribution in [1.82, 2.24) is 4.98 Å². The van der Waals surface area contributed by atoms with Crippen LogP contribution in [0.1, 0.15) is 67.3 Å². The zero-order chi connectivity index (χ0) is 27.5. The molecular formula is C30H35NO5S2. The summed E-state index contributed by atoms with van der Waals surface area (Å²) in [6, 6.07) is 12.2. The van der Waals surface area contributed by atoms with Crippen molar-refractivity contribution in [2.24, 2.45) is 5.41 Å². The van der Waals surface area contributed by atoms with Crippen LogP contribution < -0.4 is 0 Å². The third-order valence-electron chi connectivity index (χ3n) is 8.91. The highest BCUT2D eigenvalue weighted by Crippen LogP contribution is 2.64. The van der Waals surface area contributed by atoms with Gasteiger partial charge in [-0.15, -0.1) is 0 Å². The molecule has 0 saturated heterocycles. The van der Waals surface area contributed by atoms with E-state index in [4.69, 9.17) is 0 Å².